The number of hydrazine groups is 1. The van der Waals surface area contributed by atoms with E-state index < -0.39 is 0 Å². The van der Waals surface area contributed by atoms with Crippen molar-refractivity contribution in [2.45, 2.75) is 19.8 Å². The van der Waals surface area contributed by atoms with Crippen molar-refractivity contribution in [3.8, 4) is 0 Å². The van der Waals surface area contributed by atoms with Crippen LogP contribution in [-0.4, -0.2) is 19.1 Å². The molecule has 4 heteroatoms. The third kappa shape index (κ3) is 3.47. The van der Waals surface area contributed by atoms with Crippen LogP contribution in [0.5, 0.6) is 0 Å². The summed E-state index contributed by atoms with van der Waals surface area (Å²) in [5.74, 6) is 5.83. The van der Waals surface area contributed by atoms with Gasteiger partial charge < -0.3 is 4.74 Å². The van der Waals surface area contributed by atoms with Crippen molar-refractivity contribution in [3.05, 3.63) is 12.2 Å². The molecule has 1 rings (SSSR count). The lowest BCUT2D eigenvalue weighted by molar-refractivity contribution is -0.126. The van der Waals surface area contributed by atoms with Gasteiger partial charge in [0.15, 0.2) is 0 Å². The maximum Gasteiger partial charge on any atom is 0.259 e. The van der Waals surface area contributed by atoms with Gasteiger partial charge in [0, 0.05) is 0 Å². The zero-order valence-corrected chi connectivity index (χ0v) is 8.53. The van der Waals surface area contributed by atoms with Gasteiger partial charge >= 0.3 is 0 Å². The first-order valence-electron chi connectivity index (χ1n) is 4.96. The molecule has 80 valence electrons. The highest BCUT2D eigenvalue weighted by atomic mass is 16.5. The summed E-state index contributed by atoms with van der Waals surface area (Å²) in [6.07, 6.45) is 6.54. The summed E-state index contributed by atoms with van der Waals surface area (Å²) in [5.41, 5.74) is 2.04. The van der Waals surface area contributed by atoms with Gasteiger partial charge in [-0.25, -0.2) is 5.84 Å². The number of allylic oxidation sites excluding steroid dienone is 2. The standard InChI is InChI=1S/C10H18N2O2/c1-8-4-2-3-5-9(8)6-14-7-10(13)12-11/h2-3,8-9H,4-7,11H2,1H3,(H,12,13). The third-order valence-corrected chi connectivity index (χ3v) is 2.64. The molecule has 14 heavy (non-hydrogen) atoms. The van der Waals surface area contributed by atoms with Crippen LogP contribution in [0.2, 0.25) is 0 Å². The molecule has 0 bridgehead atoms. The number of nitrogens with two attached hydrogens (primary N) is 1. The summed E-state index contributed by atoms with van der Waals surface area (Å²) < 4.78 is 5.27. The molecule has 0 radical (unpaired) electrons. The number of nitrogens with one attached hydrogen (secondary N) is 1. The molecule has 0 spiro atoms. The fraction of sp³-hybridized carbons (Fsp3) is 0.700. The lowest BCUT2D eigenvalue weighted by Crippen LogP contribution is -2.34. The second-order valence-corrected chi connectivity index (χ2v) is 3.76. The van der Waals surface area contributed by atoms with Crippen molar-refractivity contribution in [1.82, 2.24) is 5.43 Å². The topological polar surface area (TPSA) is 64.3 Å². The lowest BCUT2D eigenvalue weighted by atomic mass is 9.85. The molecular weight excluding hydrogens is 180 g/mol. The van der Waals surface area contributed by atoms with E-state index in [2.05, 4.69) is 19.1 Å². The highest BCUT2D eigenvalue weighted by Crippen LogP contribution is 2.24. The van der Waals surface area contributed by atoms with Crippen LogP contribution in [0.25, 0.3) is 0 Å². The quantitative estimate of drug-likeness (QED) is 0.301. The van der Waals surface area contributed by atoms with Crippen molar-refractivity contribution in [2.75, 3.05) is 13.2 Å². The van der Waals surface area contributed by atoms with Crippen molar-refractivity contribution < 1.29 is 9.53 Å². The minimum absolute atomic E-state index is 0.0590. The SMILES string of the molecule is CC1CC=CCC1COCC(=O)NN. The molecule has 0 saturated carbocycles. The minimum atomic E-state index is -0.274. The molecular formula is C10H18N2O2. The Labute approximate surface area is 84.5 Å². The second-order valence-electron chi connectivity index (χ2n) is 3.76. The summed E-state index contributed by atoms with van der Waals surface area (Å²) >= 11 is 0. The average Bonchev–Trinajstić information content (AvgIpc) is 2.20. The van der Waals surface area contributed by atoms with Crippen molar-refractivity contribution in [3.63, 3.8) is 0 Å². The van der Waals surface area contributed by atoms with E-state index in [1.54, 1.807) is 0 Å². The number of amides is 1. The van der Waals surface area contributed by atoms with Crippen molar-refractivity contribution in [1.29, 1.82) is 0 Å². The number of hydrogen-bond donors (Lipinski definition) is 2. The molecule has 0 fully saturated rings. The fourth-order valence-corrected chi connectivity index (χ4v) is 1.58. The van der Waals surface area contributed by atoms with Gasteiger partial charge in [-0.05, 0) is 24.7 Å². The van der Waals surface area contributed by atoms with Crippen LogP contribution in [0.4, 0.5) is 0 Å². The summed E-state index contributed by atoms with van der Waals surface area (Å²) in [7, 11) is 0. The van der Waals surface area contributed by atoms with Crippen LogP contribution in [-0.2, 0) is 9.53 Å². The zero-order chi connectivity index (χ0) is 10.4. The number of carbonyl (C=O) groups excluding carboxylic acids is 1. The molecule has 0 aromatic rings. The molecule has 1 amide bonds. The Morgan fingerprint density at radius 1 is 1.57 bits per heavy atom. The maximum atomic E-state index is 10.8. The van der Waals surface area contributed by atoms with Gasteiger partial charge in [0.1, 0.15) is 6.61 Å². The second kappa shape index (κ2) is 5.78. The molecule has 3 N–H and O–H groups in total. The Morgan fingerprint density at radius 2 is 2.29 bits per heavy atom. The first kappa shape index (κ1) is 11.2. The highest BCUT2D eigenvalue weighted by molar-refractivity contribution is 5.76. The normalized spacial score (nSPS) is 26.1. The third-order valence-electron chi connectivity index (χ3n) is 2.64. The van der Waals surface area contributed by atoms with E-state index in [-0.39, 0.29) is 12.5 Å². The molecule has 4 nitrogen and oxygen atoms in total. The van der Waals surface area contributed by atoms with Gasteiger partial charge in [-0.2, -0.15) is 0 Å². The van der Waals surface area contributed by atoms with Gasteiger partial charge in [-0.15, -0.1) is 0 Å². The Balaban J connectivity index is 2.17. The van der Waals surface area contributed by atoms with Crippen molar-refractivity contribution >= 4 is 5.91 Å². The fourth-order valence-electron chi connectivity index (χ4n) is 1.58. The molecule has 1 aliphatic carbocycles. The average molecular weight is 198 g/mol. The summed E-state index contributed by atoms with van der Waals surface area (Å²) in [6, 6.07) is 0. The van der Waals surface area contributed by atoms with E-state index in [9.17, 15) is 4.79 Å². The van der Waals surface area contributed by atoms with Crippen LogP contribution in [0.1, 0.15) is 19.8 Å². The molecule has 0 aliphatic heterocycles. The molecule has 1 aliphatic rings. The largest absolute Gasteiger partial charge is 0.371 e. The minimum Gasteiger partial charge on any atom is -0.371 e. The molecule has 0 heterocycles. The first-order valence-corrected chi connectivity index (χ1v) is 4.96. The smallest absolute Gasteiger partial charge is 0.259 e. The number of carbonyl (C=O) groups is 1. The lowest BCUT2D eigenvalue weighted by Gasteiger charge is -2.24. The van der Waals surface area contributed by atoms with Gasteiger partial charge in [0.2, 0.25) is 0 Å². The number of hydrogen-bond acceptors (Lipinski definition) is 3. The predicted molar refractivity (Wildman–Crippen MR) is 54.2 cm³/mol. The molecule has 0 aromatic heterocycles. The van der Waals surface area contributed by atoms with E-state index in [1.165, 1.54) is 0 Å². The van der Waals surface area contributed by atoms with Crippen LogP contribution < -0.4 is 11.3 Å². The maximum absolute atomic E-state index is 10.8. The van der Waals surface area contributed by atoms with E-state index in [0.29, 0.717) is 18.4 Å². The van der Waals surface area contributed by atoms with E-state index in [0.717, 1.165) is 12.8 Å². The summed E-state index contributed by atoms with van der Waals surface area (Å²) in [4.78, 5) is 10.8. The van der Waals surface area contributed by atoms with E-state index >= 15 is 0 Å². The molecule has 2 unspecified atom stereocenters. The number of rotatable bonds is 4. The monoisotopic (exact) mass is 198 g/mol. The van der Waals surface area contributed by atoms with Crippen LogP contribution in [0.15, 0.2) is 12.2 Å². The summed E-state index contributed by atoms with van der Waals surface area (Å²) in [5, 5.41) is 0. The molecule has 0 aromatic carbocycles. The Bertz CT molecular complexity index is 216. The van der Waals surface area contributed by atoms with Gasteiger partial charge in [-0.3, -0.25) is 10.2 Å². The van der Waals surface area contributed by atoms with Gasteiger partial charge in [0.05, 0.1) is 6.61 Å². The Morgan fingerprint density at radius 3 is 2.93 bits per heavy atom. The molecule has 0 saturated heterocycles. The Kier molecular flexibility index (Phi) is 4.62. The predicted octanol–water partition coefficient (Wildman–Crippen LogP) is 0.595. The number of ether oxygens (including phenoxy) is 1. The van der Waals surface area contributed by atoms with Crippen LogP contribution in [0.3, 0.4) is 0 Å². The van der Waals surface area contributed by atoms with Crippen LogP contribution in [0, 0.1) is 11.8 Å². The first-order chi connectivity index (χ1) is 6.74. The van der Waals surface area contributed by atoms with E-state index in [4.69, 9.17) is 10.6 Å². The van der Waals surface area contributed by atoms with Gasteiger partial charge in [-0.1, -0.05) is 19.1 Å². The summed E-state index contributed by atoms with van der Waals surface area (Å²) in [6.45, 7) is 2.91. The highest BCUT2D eigenvalue weighted by Gasteiger charge is 2.18. The van der Waals surface area contributed by atoms with Crippen LogP contribution >= 0.6 is 0 Å². The van der Waals surface area contributed by atoms with Crippen molar-refractivity contribution in [2.24, 2.45) is 17.7 Å². The van der Waals surface area contributed by atoms with E-state index in [1.807, 2.05) is 5.43 Å². The zero-order valence-electron chi connectivity index (χ0n) is 8.53. The molecule has 2 atom stereocenters. The Hall–Kier alpha value is -0.870. The van der Waals surface area contributed by atoms with Gasteiger partial charge in [0.25, 0.3) is 5.91 Å².